The monoisotopic (exact) mass is 139 g/mol. The molecule has 2 rings (SSSR count). The van der Waals surface area contributed by atoms with Gasteiger partial charge in [0, 0.05) is 12.4 Å². The Balaban J connectivity index is 2.30. The molecule has 3 nitrogen and oxygen atoms in total. The second-order valence-corrected chi connectivity index (χ2v) is 2.42. The van der Waals surface area contributed by atoms with E-state index in [9.17, 15) is 0 Å². The summed E-state index contributed by atoms with van der Waals surface area (Å²) in [7, 11) is 0. The topological polar surface area (TPSA) is 34.2 Å². The van der Waals surface area contributed by atoms with Crippen LogP contribution in [0.15, 0.2) is 12.4 Å². The third-order valence-corrected chi connectivity index (χ3v) is 1.47. The molecule has 3 heteroatoms. The molecule has 1 aromatic rings. The summed E-state index contributed by atoms with van der Waals surface area (Å²) in [6.45, 7) is 2.63. The summed E-state index contributed by atoms with van der Waals surface area (Å²) >= 11 is 0. The number of rotatable bonds is 0. The molecule has 10 heavy (non-hydrogen) atoms. The Bertz CT molecular complexity index is 231. The molecular weight excluding hydrogens is 130 g/mol. The van der Waals surface area contributed by atoms with Gasteiger partial charge in [-0.25, -0.2) is 0 Å². The van der Waals surface area contributed by atoms with Gasteiger partial charge < -0.3 is 14.5 Å². The average Bonchev–Trinajstić information content (AvgIpc) is 2.33. The standard InChI is InChI=1S/C7H9NO2/c1-5-4-9-6-2-8-3-7(6)10-5/h2-3,5,8H,4H2,1H3/t5-/m0/s1. The van der Waals surface area contributed by atoms with E-state index in [0.717, 1.165) is 11.5 Å². The Labute approximate surface area is 59.0 Å². The highest BCUT2D eigenvalue weighted by Crippen LogP contribution is 2.30. The second kappa shape index (κ2) is 1.94. The maximum atomic E-state index is 5.42. The Hall–Kier alpha value is -1.12. The molecule has 0 radical (unpaired) electrons. The summed E-state index contributed by atoms with van der Waals surface area (Å²) in [5.41, 5.74) is 0. The highest BCUT2D eigenvalue weighted by molar-refractivity contribution is 5.38. The molecule has 0 saturated carbocycles. The van der Waals surface area contributed by atoms with E-state index in [4.69, 9.17) is 9.47 Å². The van der Waals surface area contributed by atoms with Crippen molar-refractivity contribution in [2.45, 2.75) is 13.0 Å². The quantitative estimate of drug-likeness (QED) is 0.585. The Morgan fingerprint density at radius 3 is 3.20 bits per heavy atom. The van der Waals surface area contributed by atoms with E-state index >= 15 is 0 Å². The van der Waals surface area contributed by atoms with E-state index in [-0.39, 0.29) is 6.10 Å². The number of H-pyrrole nitrogens is 1. The van der Waals surface area contributed by atoms with Gasteiger partial charge in [-0.3, -0.25) is 0 Å². The number of hydrogen-bond acceptors (Lipinski definition) is 2. The molecule has 0 aliphatic carbocycles. The molecule has 1 N–H and O–H groups in total. The summed E-state index contributed by atoms with van der Waals surface area (Å²) < 4.78 is 10.7. The lowest BCUT2D eigenvalue weighted by molar-refractivity contribution is 0.106. The number of ether oxygens (including phenoxy) is 2. The van der Waals surface area contributed by atoms with Gasteiger partial charge in [0.2, 0.25) is 0 Å². The SMILES string of the molecule is C[C@H]1COc2c[nH]cc2O1. The van der Waals surface area contributed by atoms with E-state index in [1.807, 2.05) is 6.92 Å². The molecule has 0 spiro atoms. The van der Waals surface area contributed by atoms with E-state index < -0.39 is 0 Å². The molecule has 1 aromatic heterocycles. The number of nitrogens with one attached hydrogen (secondary N) is 1. The summed E-state index contributed by atoms with van der Waals surface area (Å²) in [5, 5.41) is 0. The normalized spacial score (nSPS) is 22.7. The average molecular weight is 139 g/mol. The minimum absolute atomic E-state index is 0.170. The van der Waals surface area contributed by atoms with Crippen LogP contribution in [0.2, 0.25) is 0 Å². The molecule has 0 unspecified atom stereocenters. The lowest BCUT2D eigenvalue weighted by Gasteiger charge is -2.20. The maximum absolute atomic E-state index is 5.42. The molecule has 0 aromatic carbocycles. The first-order chi connectivity index (χ1) is 4.86. The van der Waals surface area contributed by atoms with Gasteiger partial charge in [0.1, 0.15) is 12.7 Å². The predicted octanol–water partition coefficient (Wildman–Crippen LogP) is 1.17. The van der Waals surface area contributed by atoms with Crippen LogP contribution in [0.5, 0.6) is 11.5 Å². The van der Waals surface area contributed by atoms with Gasteiger partial charge >= 0.3 is 0 Å². The van der Waals surface area contributed by atoms with Gasteiger partial charge in [-0.05, 0) is 6.92 Å². The Kier molecular flexibility index (Phi) is 1.09. The van der Waals surface area contributed by atoms with Crippen molar-refractivity contribution in [1.82, 2.24) is 4.98 Å². The summed E-state index contributed by atoms with van der Waals surface area (Å²) in [5.74, 6) is 1.64. The fraction of sp³-hybridized carbons (Fsp3) is 0.429. The van der Waals surface area contributed by atoms with Crippen molar-refractivity contribution in [3.8, 4) is 11.5 Å². The Morgan fingerprint density at radius 1 is 1.50 bits per heavy atom. The van der Waals surface area contributed by atoms with E-state index in [1.165, 1.54) is 0 Å². The third kappa shape index (κ3) is 0.744. The van der Waals surface area contributed by atoms with Crippen molar-refractivity contribution in [2.75, 3.05) is 6.61 Å². The van der Waals surface area contributed by atoms with Crippen LogP contribution in [-0.2, 0) is 0 Å². The molecule has 1 aliphatic heterocycles. The molecule has 2 heterocycles. The minimum Gasteiger partial charge on any atom is -0.484 e. The summed E-state index contributed by atoms with van der Waals surface area (Å²) in [6, 6.07) is 0. The van der Waals surface area contributed by atoms with Crippen molar-refractivity contribution in [3.63, 3.8) is 0 Å². The van der Waals surface area contributed by atoms with Crippen LogP contribution in [0.25, 0.3) is 0 Å². The molecule has 0 fully saturated rings. The molecule has 1 aliphatic rings. The lowest BCUT2D eigenvalue weighted by Crippen LogP contribution is -2.24. The number of hydrogen-bond donors (Lipinski definition) is 1. The van der Waals surface area contributed by atoms with Crippen LogP contribution in [0.1, 0.15) is 6.92 Å². The molecule has 0 amide bonds. The van der Waals surface area contributed by atoms with Crippen molar-refractivity contribution >= 4 is 0 Å². The third-order valence-electron chi connectivity index (χ3n) is 1.47. The number of aromatic amines is 1. The Morgan fingerprint density at radius 2 is 2.30 bits per heavy atom. The largest absolute Gasteiger partial charge is 0.484 e. The van der Waals surface area contributed by atoms with Gasteiger partial charge in [0.25, 0.3) is 0 Å². The van der Waals surface area contributed by atoms with Gasteiger partial charge in [-0.15, -0.1) is 0 Å². The summed E-state index contributed by atoms with van der Waals surface area (Å²) in [4.78, 5) is 2.91. The fourth-order valence-electron chi connectivity index (χ4n) is 0.998. The van der Waals surface area contributed by atoms with E-state index in [1.54, 1.807) is 12.4 Å². The van der Waals surface area contributed by atoms with Gasteiger partial charge in [0.05, 0.1) is 0 Å². The molecule has 54 valence electrons. The molecule has 0 saturated heterocycles. The van der Waals surface area contributed by atoms with Crippen LogP contribution >= 0.6 is 0 Å². The highest BCUT2D eigenvalue weighted by atomic mass is 16.6. The second-order valence-electron chi connectivity index (χ2n) is 2.42. The van der Waals surface area contributed by atoms with E-state index in [2.05, 4.69) is 4.98 Å². The zero-order valence-corrected chi connectivity index (χ0v) is 5.76. The zero-order chi connectivity index (χ0) is 6.97. The fourth-order valence-corrected chi connectivity index (χ4v) is 0.998. The van der Waals surface area contributed by atoms with Crippen LogP contribution in [0.4, 0.5) is 0 Å². The van der Waals surface area contributed by atoms with Gasteiger partial charge in [-0.2, -0.15) is 0 Å². The van der Waals surface area contributed by atoms with Crippen LogP contribution < -0.4 is 9.47 Å². The number of fused-ring (bicyclic) bond motifs is 1. The lowest BCUT2D eigenvalue weighted by atomic mass is 10.4. The van der Waals surface area contributed by atoms with Crippen molar-refractivity contribution in [1.29, 1.82) is 0 Å². The van der Waals surface area contributed by atoms with Crippen LogP contribution in [0, 0.1) is 0 Å². The van der Waals surface area contributed by atoms with Crippen LogP contribution in [-0.4, -0.2) is 17.7 Å². The molecular formula is C7H9NO2. The van der Waals surface area contributed by atoms with Gasteiger partial charge in [0.15, 0.2) is 11.5 Å². The minimum atomic E-state index is 0.170. The highest BCUT2D eigenvalue weighted by Gasteiger charge is 2.16. The van der Waals surface area contributed by atoms with Crippen molar-refractivity contribution in [3.05, 3.63) is 12.4 Å². The van der Waals surface area contributed by atoms with Crippen LogP contribution in [0.3, 0.4) is 0 Å². The van der Waals surface area contributed by atoms with Gasteiger partial charge in [-0.1, -0.05) is 0 Å². The summed E-state index contributed by atoms with van der Waals surface area (Å²) in [6.07, 6.45) is 3.76. The number of aromatic nitrogens is 1. The van der Waals surface area contributed by atoms with E-state index in [0.29, 0.717) is 6.61 Å². The molecule has 1 atom stereocenters. The predicted molar refractivity (Wildman–Crippen MR) is 36.4 cm³/mol. The first-order valence-electron chi connectivity index (χ1n) is 3.32. The zero-order valence-electron chi connectivity index (χ0n) is 5.76. The first-order valence-corrected chi connectivity index (χ1v) is 3.32. The van der Waals surface area contributed by atoms with Crippen molar-refractivity contribution in [2.24, 2.45) is 0 Å². The molecule has 0 bridgehead atoms. The maximum Gasteiger partial charge on any atom is 0.179 e. The van der Waals surface area contributed by atoms with Crippen molar-refractivity contribution < 1.29 is 9.47 Å². The first kappa shape index (κ1) is 5.65. The smallest absolute Gasteiger partial charge is 0.179 e.